The summed E-state index contributed by atoms with van der Waals surface area (Å²) in [5.41, 5.74) is 2.41. The maximum Gasteiger partial charge on any atom is 0.337 e. The Morgan fingerprint density at radius 3 is 2.44 bits per heavy atom. The number of esters is 2. The SMILES string of the molecule is CCOC(=O)C1=C(C)NC(=S)C(=C=N)C1c1ccc(C(=O)OC)cc1. The van der Waals surface area contributed by atoms with E-state index in [2.05, 4.69) is 15.9 Å². The number of carbonyl (C=O) groups is 2. The molecule has 25 heavy (non-hydrogen) atoms. The van der Waals surface area contributed by atoms with Crippen LogP contribution in [0.2, 0.25) is 0 Å². The molecule has 0 bridgehead atoms. The van der Waals surface area contributed by atoms with Crippen molar-refractivity contribution < 1.29 is 19.1 Å². The van der Waals surface area contributed by atoms with Gasteiger partial charge in [-0.15, -0.1) is 0 Å². The van der Waals surface area contributed by atoms with Crippen LogP contribution in [0.5, 0.6) is 0 Å². The van der Waals surface area contributed by atoms with Crippen molar-refractivity contribution >= 4 is 35.0 Å². The molecule has 1 unspecified atom stereocenters. The summed E-state index contributed by atoms with van der Waals surface area (Å²) in [6.07, 6.45) is 0. The van der Waals surface area contributed by atoms with E-state index in [1.807, 2.05) is 0 Å². The first-order valence-electron chi connectivity index (χ1n) is 7.61. The average molecular weight is 358 g/mol. The van der Waals surface area contributed by atoms with Crippen molar-refractivity contribution in [2.24, 2.45) is 0 Å². The predicted molar refractivity (Wildman–Crippen MR) is 96.8 cm³/mol. The molecule has 7 heteroatoms. The Morgan fingerprint density at radius 2 is 1.92 bits per heavy atom. The minimum Gasteiger partial charge on any atom is -0.465 e. The third-order valence-corrected chi connectivity index (χ3v) is 4.14. The van der Waals surface area contributed by atoms with Gasteiger partial charge in [0.15, 0.2) is 0 Å². The molecule has 0 saturated heterocycles. The summed E-state index contributed by atoms with van der Waals surface area (Å²) in [5.74, 6) is 0.809. The summed E-state index contributed by atoms with van der Waals surface area (Å²) in [5, 5.41) is 10.5. The van der Waals surface area contributed by atoms with E-state index in [-0.39, 0.29) is 6.61 Å². The van der Waals surface area contributed by atoms with Crippen molar-refractivity contribution in [2.75, 3.05) is 13.7 Å². The molecular formula is C18H18N2O4S. The first kappa shape index (κ1) is 18.6. The Balaban J connectivity index is 2.57. The van der Waals surface area contributed by atoms with E-state index < -0.39 is 17.9 Å². The smallest absolute Gasteiger partial charge is 0.337 e. The third kappa shape index (κ3) is 3.68. The van der Waals surface area contributed by atoms with Gasteiger partial charge in [0.25, 0.3) is 0 Å². The molecule has 0 amide bonds. The summed E-state index contributed by atoms with van der Waals surface area (Å²) in [6, 6.07) is 6.61. The normalized spacial score (nSPS) is 16.8. The lowest BCUT2D eigenvalue weighted by atomic mass is 9.81. The first-order valence-corrected chi connectivity index (χ1v) is 8.02. The second kappa shape index (κ2) is 7.88. The van der Waals surface area contributed by atoms with Gasteiger partial charge >= 0.3 is 11.9 Å². The van der Waals surface area contributed by atoms with Crippen LogP contribution in [0.1, 0.15) is 35.7 Å². The maximum atomic E-state index is 12.4. The molecule has 1 aromatic carbocycles. The second-order valence-electron chi connectivity index (χ2n) is 5.30. The third-order valence-electron chi connectivity index (χ3n) is 3.82. The Bertz CT molecular complexity index is 805. The highest BCUT2D eigenvalue weighted by molar-refractivity contribution is 7.80. The van der Waals surface area contributed by atoms with Crippen molar-refractivity contribution in [3.05, 3.63) is 52.2 Å². The van der Waals surface area contributed by atoms with E-state index >= 15 is 0 Å². The monoisotopic (exact) mass is 358 g/mol. The molecule has 1 atom stereocenters. The van der Waals surface area contributed by atoms with Crippen LogP contribution in [-0.2, 0) is 14.3 Å². The second-order valence-corrected chi connectivity index (χ2v) is 5.71. The van der Waals surface area contributed by atoms with Crippen LogP contribution in [0.3, 0.4) is 0 Å². The molecule has 2 rings (SSSR count). The molecule has 0 aromatic heterocycles. The van der Waals surface area contributed by atoms with Crippen molar-refractivity contribution in [1.29, 1.82) is 5.41 Å². The molecule has 1 heterocycles. The molecule has 130 valence electrons. The van der Waals surface area contributed by atoms with Crippen LogP contribution < -0.4 is 5.32 Å². The van der Waals surface area contributed by atoms with E-state index in [0.717, 1.165) is 0 Å². The topological polar surface area (TPSA) is 88.5 Å². The Kier molecular flexibility index (Phi) is 5.85. The van der Waals surface area contributed by atoms with Gasteiger partial charge in [-0.25, -0.2) is 9.59 Å². The number of carbonyl (C=O) groups excluding carboxylic acids is 2. The number of hydrogen-bond acceptors (Lipinski definition) is 6. The Hall–Kier alpha value is -2.76. The van der Waals surface area contributed by atoms with Crippen LogP contribution in [0.25, 0.3) is 0 Å². The van der Waals surface area contributed by atoms with Crippen LogP contribution in [0, 0.1) is 5.41 Å². The number of benzene rings is 1. The van der Waals surface area contributed by atoms with Gasteiger partial charge in [0, 0.05) is 5.70 Å². The minimum absolute atomic E-state index is 0.234. The Morgan fingerprint density at radius 1 is 1.28 bits per heavy atom. The highest BCUT2D eigenvalue weighted by Crippen LogP contribution is 2.36. The van der Waals surface area contributed by atoms with E-state index in [1.165, 1.54) is 7.11 Å². The van der Waals surface area contributed by atoms with E-state index in [0.29, 0.717) is 33.0 Å². The summed E-state index contributed by atoms with van der Waals surface area (Å²) in [4.78, 5) is 24.4. The van der Waals surface area contributed by atoms with E-state index in [9.17, 15) is 9.59 Å². The van der Waals surface area contributed by atoms with Crippen LogP contribution >= 0.6 is 12.2 Å². The van der Waals surface area contributed by atoms with Crippen LogP contribution in [0.15, 0.2) is 41.1 Å². The fourth-order valence-electron chi connectivity index (χ4n) is 2.67. The summed E-state index contributed by atoms with van der Waals surface area (Å²) < 4.78 is 9.84. The van der Waals surface area contributed by atoms with Crippen molar-refractivity contribution in [2.45, 2.75) is 19.8 Å². The highest BCUT2D eigenvalue weighted by Gasteiger charge is 2.35. The number of allylic oxidation sites excluding steroid dienone is 1. The van der Waals surface area contributed by atoms with Gasteiger partial charge in [0.2, 0.25) is 0 Å². The molecule has 6 nitrogen and oxygen atoms in total. The summed E-state index contributed by atoms with van der Waals surface area (Å²) in [7, 11) is 1.31. The van der Waals surface area contributed by atoms with Crippen LogP contribution in [0.4, 0.5) is 0 Å². The zero-order valence-electron chi connectivity index (χ0n) is 14.1. The summed E-state index contributed by atoms with van der Waals surface area (Å²) in [6.45, 7) is 3.69. The van der Waals surface area contributed by atoms with Gasteiger partial charge in [-0.1, -0.05) is 24.4 Å². The molecule has 0 aliphatic carbocycles. The first-order chi connectivity index (χ1) is 11.9. The number of ether oxygens (including phenoxy) is 2. The number of nitrogens with one attached hydrogen (secondary N) is 2. The highest BCUT2D eigenvalue weighted by atomic mass is 32.1. The van der Waals surface area contributed by atoms with E-state index in [4.69, 9.17) is 22.4 Å². The molecule has 0 radical (unpaired) electrons. The molecule has 2 N–H and O–H groups in total. The van der Waals surface area contributed by atoms with Crippen molar-refractivity contribution in [3.8, 4) is 0 Å². The molecule has 1 aromatic rings. The fraction of sp³-hybridized carbons (Fsp3) is 0.278. The van der Waals surface area contributed by atoms with Gasteiger partial charge in [0.05, 0.1) is 36.3 Å². The zero-order chi connectivity index (χ0) is 18.6. The molecule has 1 aliphatic heterocycles. The minimum atomic E-state index is -0.586. The van der Waals surface area contributed by atoms with Crippen molar-refractivity contribution in [3.63, 3.8) is 0 Å². The van der Waals surface area contributed by atoms with Gasteiger partial charge < -0.3 is 14.8 Å². The molecule has 0 saturated carbocycles. The van der Waals surface area contributed by atoms with Crippen molar-refractivity contribution in [1.82, 2.24) is 5.32 Å². The summed E-state index contributed by atoms with van der Waals surface area (Å²) >= 11 is 5.28. The number of thiocarbonyl (C=S) groups is 1. The molecular weight excluding hydrogens is 340 g/mol. The van der Waals surface area contributed by atoms with Gasteiger partial charge in [-0.2, -0.15) is 0 Å². The fourth-order valence-corrected chi connectivity index (χ4v) is 2.99. The largest absolute Gasteiger partial charge is 0.465 e. The predicted octanol–water partition coefficient (Wildman–Crippen LogP) is 2.50. The van der Waals surface area contributed by atoms with Gasteiger partial charge in [-0.05, 0) is 37.4 Å². The lowest BCUT2D eigenvalue weighted by Gasteiger charge is -2.29. The molecule has 1 aliphatic rings. The van der Waals surface area contributed by atoms with Gasteiger partial charge in [0.1, 0.15) is 4.99 Å². The quantitative estimate of drug-likeness (QED) is 0.372. The van der Waals surface area contributed by atoms with Gasteiger partial charge in [-0.3, -0.25) is 5.41 Å². The number of methoxy groups -OCH3 is 1. The average Bonchev–Trinajstić information content (AvgIpc) is 2.60. The number of hydrogen-bond donors (Lipinski definition) is 2. The maximum absolute atomic E-state index is 12.4. The Labute approximate surface area is 151 Å². The van der Waals surface area contributed by atoms with Crippen LogP contribution in [-0.4, -0.2) is 36.5 Å². The van der Waals surface area contributed by atoms with E-state index in [1.54, 1.807) is 38.1 Å². The zero-order valence-corrected chi connectivity index (χ0v) is 15.0. The molecule has 0 fully saturated rings. The lowest BCUT2D eigenvalue weighted by Crippen LogP contribution is -2.35. The molecule has 0 spiro atoms. The number of rotatable bonds is 4. The standard InChI is InChI=1S/C18H18N2O4S/c1-4-24-18(22)14-10(2)20-16(25)13(9-19)15(14)11-5-7-12(8-6-11)17(21)23-3/h5-8,15,19H,4H2,1-3H3,(H,20,25). The lowest BCUT2D eigenvalue weighted by molar-refractivity contribution is -0.138.